The molecule has 1 aliphatic rings. The first kappa shape index (κ1) is 18.6. The number of hydrogen-bond acceptors (Lipinski definition) is 4. The molecule has 7 nitrogen and oxygen atoms in total. The molecule has 0 atom stereocenters. The molecule has 1 aliphatic heterocycles. The summed E-state index contributed by atoms with van der Waals surface area (Å²) in [6.07, 6.45) is 4.56. The number of nitrogens with zero attached hydrogens (tertiary/aromatic N) is 2. The molecule has 1 saturated heterocycles. The van der Waals surface area contributed by atoms with Gasteiger partial charge in [0, 0.05) is 37.1 Å². The highest BCUT2D eigenvalue weighted by atomic mass is 16.2. The summed E-state index contributed by atoms with van der Waals surface area (Å²) in [5, 5.41) is 5.54. The zero-order chi connectivity index (χ0) is 19.1. The summed E-state index contributed by atoms with van der Waals surface area (Å²) in [4.78, 5) is 42.2. The minimum atomic E-state index is -0.275. The standard InChI is InChI=1S/C20H22N4O3/c25-18(14-22-19(26)15-5-2-1-3-6-15)23-17-8-11-24(12-9-17)20(27)16-7-4-10-21-13-16/h1-7,10,13,17H,8-9,11-12,14H2,(H,22,26)(H,23,25). The summed E-state index contributed by atoms with van der Waals surface area (Å²) in [6, 6.07) is 12.3. The Kier molecular flexibility index (Phi) is 6.14. The molecular weight excluding hydrogens is 344 g/mol. The van der Waals surface area contributed by atoms with Gasteiger partial charge in [-0.1, -0.05) is 18.2 Å². The lowest BCUT2D eigenvalue weighted by Gasteiger charge is -2.32. The molecule has 3 rings (SSSR count). The third-order valence-electron chi connectivity index (χ3n) is 4.50. The van der Waals surface area contributed by atoms with Crippen LogP contribution in [-0.2, 0) is 4.79 Å². The summed E-state index contributed by atoms with van der Waals surface area (Å²) in [5.41, 5.74) is 1.09. The van der Waals surface area contributed by atoms with Crippen molar-refractivity contribution in [2.75, 3.05) is 19.6 Å². The highest BCUT2D eigenvalue weighted by molar-refractivity contribution is 5.96. The average molecular weight is 366 g/mol. The Morgan fingerprint density at radius 2 is 1.70 bits per heavy atom. The van der Waals surface area contributed by atoms with Crippen LogP contribution in [0.1, 0.15) is 33.6 Å². The first-order valence-electron chi connectivity index (χ1n) is 8.95. The van der Waals surface area contributed by atoms with Crippen molar-refractivity contribution >= 4 is 17.7 Å². The summed E-state index contributed by atoms with van der Waals surface area (Å²) >= 11 is 0. The van der Waals surface area contributed by atoms with E-state index in [1.807, 2.05) is 6.07 Å². The van der Waals surface area contributed by atoms with Gasteiger partial charge in [0.2, 0.25) is 5.91 Å². The van der Waals surface area contributed by atoms with Crippen molar-refractivity contribution in [3.8, 4) is 0 Å². The highest BCUT2D eigenvalue weighted by Crippen LogP contribution is 2.13. The quantitative estimate of drug-likeness (QED) is 0.833. The molecule has 2 aromatic rings. The van der Waals surface area contributed by atoms with Crippen LogP contribution in [-0.4, -0.2) is 53.3 Å². The Bertz CT molecular complexity index is 787. The second-order valence-corrected chi connectivity index (χ2v) is 6.42. The zero-order valence-corrected chi connectivity index (χ0v) is 14.9. The van der Waals surface area contributed by atoms with E-state index in [-0.39, 0.29) is 30.3 Å². The fourth-order valence-corrected chi connectivity index (χ4v) is 3.03. The van der Waals surface area contributed by atoms with E-state index in [0.29, 0.717) is 37.1 Å². The van der Waals surface area contributed by atoms with Gasteiger partial charge in [-0.25, -0.2) is 0 Å². The predicted octanol–water partition coefficient (Wildman–Crippen LogP) is 1.23. The maximum atomic E-state index is 12.4. The van der Waals surface area contributed by atoms with E-state index in [0.717, 1.165) is 0 Å². The Labute approximate surface area is 157 Å². The molecule has 0 aliphatic carbocycles. The van der Waals surface area contributed by atoms with E-state index in [9.17, 15) is 14.4 Å². The van der Waals surface area contributed by atoms with Gasteiger partial charge in [-0.15, -0.1) is 0 Å². The SMILES string of the molecule is O=C(CNC(=O)c1ccccc1)NC1CCN(C(=O)c2cccnc2)CC1. The molecule has 0 saturated carbocycles. The minimum absolute atomic E-state index is 0.00377. The van der Waals surface area contributed by atoms with Crippen LogP contribution < -0.4 is 10.6 Å². The van der Waals surface area contributed by atoms with Gasteiger partial charge in [0.25, 0.3) is 11.8 Å². The van der Waals surface area contributed by atoms with Crippen LogP contribution >= 0.6 is 0 Å². The molecule has 7 heteroatoms. The number of rotatable bonds is 5. The summed E-state index contributed by atoms with van der Waals surface area (Å²) in [5.74, 6) is -0.540. The minimum Gasteiger partial charge on any atom is -0.352 e. The lowest BCUT2D eigenvalue weighted by molar-refractivity contribution is -0.121. The van der Waals surface area contributed by atoms with Gasteiger partial charge in [-0.05, 0) is 37.1 Å². The number of aromatic nitrogens is 1. The number of carbonyl (C=O) groups is 3. The second kappa shape index (κ2) is 8.93. The van der Waals surface area contributed by atoms with Gasteiger partial charge in [0.15, 0.2) is 0 Å². The van der Waals surface area contributed by atoms with Crippen molar-refractivity contribution in [2.45, 2.75) is 18.9 Å². The number of amides is 3. The number of piperidine rings is 1. The van der Waals surface area contributed by atoms with Gasteiger partial charge in [-0.3, -0.25) is 19.4 Å². The monoisotopic (exact) mass is 366 g/mol. The lowest BCUT2D eigenvalue weighted by atomic mass is 10.0. The first-order valence-corrected chi connectivity index (χ1v) is 8.95. The van der Waals surface area contributed by atoms with E-state index in [1.54, 1.807) is 53.7 Å². The summed E-state index contributed by atoms with van der Waals surface area (Å²) < 4.78 is 0. The fraction of sp³-hybridized carbons (Fsp3) is 0.300. The van der Waals surface area contributed by atoms with E-state index < -0.39 is 0 Å². The molecule has 0 spiro atoms. The van der Waals surface area contributed by atoms with Crippen molar-refractivity contribution in [3.05, 3.63) is 66.0 Å². The Balaban J connectivity index is 1.40. The van der Waals surface area contributed by atoms with E-state index in [1.165, 1.54) is 0 Å². The number of likely N-dealkylation sites (tertiary alicyclic amines) is 1. The fourth-order valence-electron chi connectivity index (χ4n) is 3.03. The Hall–Kier alpha value is -3.22. The van der Waals surface area contributed by atoms with Crippen LogP contribution in [0.25, 0.3) is 0 Å². The van der Waals surface area contributed by atoms with Crippen molar-refractivity contribution in [2.24, 2.45) is 0 Å². The molecule has 0 radical (unpaired) electrons. The summed E-state index contributed by atoms with van der Waals surface area (Å²) in [7, 11) is 0. The topological polar surface area (TPSA) is 91.4 Å². The molecule has 2 heterocycles. The molecule has 27 heavy (non-hydrogen) atoms. The predicted molar refractivity (Wildman–Crippen MR) is 100 cm³/mol. The van der Waals surface area contributed by atoms with E-state index >= 15 is 0 Å². The Morgan fingerprint density at radius 1 is 1.00 bits per heavy atom. The maximum Gasteiger partial charge on any atom is 0.255 e. The molecule has 0 unspecified atom stereocenters. The van der Waals surface area contributed by atoms with Crippen molar-refractivity contribution < 1.29 is 14.4 Å². The molecule has 2 N–H and O–H groups in total. The molecule has 1 aromatic heterocycles. The maximum absolute atomic E-state index is 12.4. The lowest BCUT2D eigenvalue weighted by Crippen LogP contribution is -2.48. The van der Waals surface area contributed by atoms with Crippen LogP contribution in [0, 0.1) is 0 Å². The van der Waals surface area contributed by atoms with Crippen LogP contribution in [0.2, 0.25) is 0 Å². The van der Waals surface area contributed by atoms with Crippen molar-refractivity contribution in [1.82, 2.24) is 20.5 Å². The van der Waals surface area contributed by atoms with Gasteiger partial charge in [0.05, 0.1) is 12.1 Å². The first-order chi connectivity index (χ1) is 13.1. The van der Waals surface area contributed by atoms with Crippen molar-refractivity contribution in [1.29, 1.82) is 0 Å². The molecular formula is C20H22N4O3. The number of hydrogen-bond donors (Lipinski definition) is 2. The normalized spacial score (nSPS) is 14.4. The number of carbonyl (C=O) groups excluding carboxylic acids is 3. The molecule has 3 amide bonds. The second-order valence-electron chi connectivity index (χ2n) is 6.42. The van der Waals surface area contributed by atoms with Crippen LogP contribution in [0.5, 0.6) is 0 Å². The van der Waals surface area contributed by atoms with Crippen LogP contribution in [0.4, 0.5) is 0 Å². The van der Waals surface area contributed by atoms with Gasteiger partial charge >= 0.3 is 0 Å². The highest BCUT2D eigenvalue weighted by Gasteiger charge is 2.24. The zero-order valence-electron chi connectivity index (χ0n) is 14.9. The van der Waals surface area contributed by atoms with E-state index in [2.05, 4.69) is 15.6 Å². The van der Waals surface area contributed by atoms with Crippen molar-refractivity contribution in [3.63, 3.8) is 0 Å². The summed E-state index contributed by atoms with van der Waals surface area (Å²) in [6.45, 7) is 1.09. The third-order valence-corrected chi connectivity index (χ3v) is 4.50. The molecule has 0 bridgehead atoms. The molecule has 140 valence electrons. The number of nitrogens with one attached hydrogen (secondary N) is 2. The Morgan fingerprint density at radius 3 is 2.37 bits per heavy atom. The van der Waals surface area contributed by atoms with Crippen LogP contribution in [0.15, 0.2) is 54.9 Å². The largest absolute Gasteiger partial charge is 0.352 e. The van der Waals surface area contributed by atoms with Gasteiger partial charge in [-0.2, -0.15) is 0 Å². The third kappa shape index (κ3) is 5.13. The number of benzene rings is 1. The molecule has 1 aromatic carbocycles. The number of pyridine rings is 1. The average Bonchev–Trinajstić information content (AvgIpc) is 2.73. The van der Waals surface area contributed by atoms with E-state index in [4.69, 9.17) is 0 Å². The smallest absolute Gasteiger partial charge is 0.255 e. The van der Waals surface area contributed by atoms with Crippen LogP contribution in [0.3, 0.4) is 0 Å². The van der Waals surface area contributed by atoms with Gasteiger partial charge < -0.3 is 15.5 Å². The van der Waals surface area contributed by atoms with Gasteiger partial charge in [0.1, 0.15) is 0 Å². The molecule has 1 fully saturated rings.